The maximum atomic E-state index is 12.4. The first-order valence-electron chi connectivity index (χ1n) is 8.75. The Labute approximate surface area is 157 Å². The molecule has 1 aliphatic carbocycles. The Morgan fingerprint density at radius 3 is 2.58 bits per heavy atom. The van der Waals surface area contributed by atoms with E-state index < -0.39 is 9.84 Å². The lowest BCUT2D eigenvalue weighted by atomic mass is 10.1. The van der Waals surface area contributed by atoms with Crippen LogP contribution < -0.4 is 5.32 Å². The molecule has 1 aromatic heterocycles. The first-order chi connectivity index (χ1) is 12.4. The molecule has 2 fully saturated rings. The van der Waals surface area contributed by atoms with E-state index in [-0.39, 0.29) is 23.5 Å². The molecule has 2 heterocycles. The molecular formula is C18H20ClN3O3S. The van der Waals surface area contributed by atoms with Crippen LogP contribution in [0, 0.1) is 5.92 Å². The van der Waals surface area contributed by atoms with Gasteiger partial charge in [-0.2, -0.15) is 5.10 Å². The van der Waals surface area contributed by atoms with E-state index >= 15 is 0 Å². The Hall–Kier alpha value is -1.86. The number of rotatable bonds is 5. The molecule has 4 rings (SSSR count). The van der Waals surface area contributed by atoms with Crippen LogP contribution in [0.25, 0.3) is 11.3 Å². The highest BCUT2D eigenvalue weighted by Crippen LogP contribution is 2.31. The van der Waals surface area contributed by atoms with Gasteiger partial charge in [0.25, 0.3) is 5.91 Å². The van der Waals surface area contributed by atoms with E-state index in [0.717, 1.165) is 24.1 Å². The van der Waals surface area contributed by atoms with Gasteiger partial charge >= 0.3 is 0 Å². The fourth-order valence-electron chi connectivity index (χ4n) is 3.24. The number of sulfone groups is 1. The second-order valence-electron chi connectivity index (χ2n) is 7.08. The third-order valence-electron chi connectivity index (χ3n) is 4.91. The van der Waals surface area contributed by atoms with Gasteiger partial charge in [0.15, 0.2) is 15.5 Å². The first-order valence-corrected chi connectivity index (χ1v) is 11.0. The number of carbonyl (C=O) groups excluding carboxylic acids is 1. The normalized spacial score (nSPS) is 21.7. The van der Waals surface area contributed by atoms with Crippen molar-refractivity contribution in [3.05, 3.63) is 41.0 Å². The summed E-state index contributed by atoms with van der Waals surface area (Å²) >= 11 is 5.97. The molecule has 8 heteroatoms. The van der Waals surface area contributed by atoms with Gasteiger partial charge in [0, 0.05) is 11.6 Å². The van der Waals surface area contributed by atoms with Crippen LogP contribution in [-0.4, -0.2) is 42.2 Å². The fraction of sp³-hybridized carbons (Fsp3) is 0.444. The summed E-state index contributed by atoms with van der Waals surface area (Å²) in [6.45, 7) is 0.666. The van der Waals surface area contributed by atoms with Crippen LogP contribution in [0.15, 0.2) is 30.3 Å². The highest BCUT2D eigenvalue weighted by molar-refractivity contribution is 7.91. The highest BCUT2D eigenvalue weighted by Gasteiger charge is 2.32. The summed E-state index contributed by atoms with van der Waals surface area (Å²) in [6, 6.07) is 8.72. The van der Waals surface area contributed by atoms with Crippen LogP contribution in [0.4, 0.5) is 0 Å². The molecule has 1 aromatic carbocycles. The van der Waals surface area contributed by atoms with Crippen LogP contribution in [0.1, 0.15) is 35.8 Å². The molecule has 0 spiro atoms. The van der Waals surface area contributed by atoms with Gasteiger partial charge in [-0.3, -0.25) is 9.48 Å². The third kappa shape index (κ3) is 3.78. The van der Waals surface area contributed by atoms with E-state index in [0.29, 0.717) is 29.6 Å². The van der Waals surface area contributed by atoms with Crippen molar-refractivity contribution < 1.29 is 13.2 Å². The number of halogens is 1. The Morgan fingerprint density at radius 1 is 1.23 bits per heavy atom. The van der Waals surface area contributed by atoms with Crippen molar-refractivity contribution in [2.24, 2.45) is 5.92 Å². The van der Waals surface area contributed by atoms with Gasteiger partial charge in [-0.25, -0.2) is 8.42 Å². The molecule has 6 nitrogen and oxygen atoms in total. The van der Waals surface area contributed by atoms with E-state index in [4.69, 9.17) is 11.6 Å². The van der Waals surface area contributed by atoms with Crippen LogP contribution in [0.3, 0.4) is 0 Å². The number of nitrogens with one attached hydrogen (secondary N) is 1. The van der Waals surface area contributed by atoms with Gasteiger partial charge in [-0.05, 0) is 48.9 Å². The molecule has 1 N–H and O–H groups in total. The average molecular weight is 394 g/mol. The number of hydrogen-bond acceptors (Lipinski definition) is 4. The lowest BCUT2D eigenvalue weighted by Crippen LogP contribution is -2.26. The van der Waals surface area contributed by atoms with Crippen molar-refractivity contribution in [3.8, 4) is 11.3 Å². The minimum Gasteiger partial charge on any atom is -0.350 e. The predicted octanol–water partition coefficient (Wildman–Crippen LogP) is 2.70. The van der Waals surface area contributed by atoms with Crippen molar-refractivity contribution in [2.45, 2.75) is 25.3 Å². The lowest BCUT2D eigenvalue weighted by Gasteiger charge is -2.13. The number of benzene rings is 1. The zero-order valence-electron chi connectivity index (χ0n) is 14.2. The molecule has 26 heavy (non-hydrogen) atoms. The van der Waals surface area contributed by atoms with Crippen LogP contribution in [0.5, 0.6) is 0 Å². The van der Waals surface area contributed by atoms with E-state index in [1.165, 1.54) is 0 Å². The van der Waals surface area contributed by atoms with Gasteiger partial charge in [-0.1, -0.05) is 23.7 Å². The summed E-state index contributed by atoms with van der Waals surface area (Å²) < 4.78 is 25.5. The zero-order valence-corrected chi connectivity index (χ0v) is 15.8. The van der Waals surface area contributed by atoms with Crippen molar-refractivity contribution in [1.29, 1.82) is 0 Å². The molecule has 1 atom stereocenters. The molecular weight excluding hydrogens is 374 g/mol. The number of carbonyl (C=O) groups is 1. The van der Waals surface area contributed by atoms with E-state index in [1.807, 2.05) is 12.1 Å². The summed E-state index contributed by atoms with van der Waals surface area (Å²) in [7, 11) is -3.06. The molecule has 2 aliphatic rings. The van der Waals surface area contributed by atoms with Crippen LogP contribution in [-0.2, 0) is 9.84 Å². The van der Waals surface area contributed by atoms with E-state index in [1.54, 1.807) is 22.9 Å². The molecule has 2 aromatic rings. The minimum atomic E-state index is -3.06. The average Bonchev–Trinajstić information content (AvgIpc) is 3.22. The molecule has 0 unspecified atom stereocenters. The number of hydrogen-bond donors (Lipinski definition) is 1. The van der Waals surface area contributed by atoms with Crippen LogP contribution >= 0.6 is 11.6 Å². The second kappa shape index (κ2) is 6.70. The molecule has 0 bridgehead atoms. The molecule has 1 saturated heterocycles. The maximum absolute atomic E-state index is 12.4. The van der Waals surface area contributed by atoms with E-state index in [9.17, 15) is 13.2 Å². The quantitative estimate of drug-likeness (QED) is 0.846. The largest absolute Gasteiger partial charge is 0.350 e. The SMILES string of the molecule is O=C(NCC1CC1)c1cc(-c2ccc(Cl)cc2)n([C@@H]2CCS(=O)(=O)C2)n1. The Morgan fingerprint density at radius 2 is 1.96 bits per heavy atom. The Bertz CT molecular complexity index is 933. The number of nitrogens with zero attached hydrogens (tertiary/aromatic N) is 2. The Balaban J connectivity index is 1.67. The van der Waals surface area contributed by atoms with Crippen LogP contribution in [0.2, 0.25) is 5.02 Å². The monoisotopic (exact) mass is 393 g/mol. The third-order valence-corrected chi connectivity index (χ3v) is 6.91. The van der Waals surface area contributed by atoms with Gasteiger partial charge in [-0.15, -0.1) is 0 Å². The van der Waals surface area contributed by atoms with Gasteiger partial charge in [0.1, 0.15) is 0 Å². The summed E-state index contributed by atoms with van der Waals surface area (Å²) in [6.07, 6.45) is 2.82. The van der Waals surface area contributed by atoms with E-state index in [2.05, 4.69) is 10.4 Å². The van der Waals surface area contributed by atoms with Crippen molar-refractivity contribution in [2.75, 3.05) is 18.1 Å². The van der Waals surface area contributed by atoms with Crippen molar-refractivity contribution in [3.63, 3.8) is 0 Å². The van der Waals surface area contributed by atoms with Gasteiger partial charge in [0.2, 0.25) is 0 Å². The van der Waals surface area contributed by atoms with Crippen molar-refractivity contribution in [1.82, 2.24) is 15.1 Å². The van der Waals surface area contributed by atoms with Gasteiger partial charge in [0.05, 0.1) is 23.2 Å². The second-order valence-corrected chi connectivity index (χ2v) is 9.74. The zero-order chi connectivity index (χ0) is 18.3. The van der Waals surface area contributed by atoms with Gasteiger partial charge < -0.3 is 5.32 Å². The summed E-state index contributed by atoms with van der Waals surface area (Å²) in [5.41, 5.74) is 1.91. The molecule has 138 valence electrons. The highest BCUT2D eigenvalue weighted by atomic mass is 35.5. The number of amides is 1. The smallest absolute Gasteiger partial charge is 0.271 e. The fourth-order valence-corrected chi connectivity index (χ4v) is 5.06. The molecule has 0 radical (unpaired) electrons. The molecule has 1 saturated carbocycles. The predicted molar refractivity (Wildman–Crippen MR) is 100 cm³/mol. The maximum Gasteiger partial charge on any atom is 0.271 e. The molecule has 1 amide bonds. The standard InChI is InChI=1S/C18H20ClN3O3S/c19-14-5-3-13(4-6-14)17-9-16(18(23)20-10-12-1-2-12)21-22(17)15-7-8-26(24,25)11-15/h3-6,9,12,15H,1-2,7-8,10-11H2,(H,20,23)/t15-/m1/s1. The Kier molecular flexibility index (Phi) is 4.52. The first kappa shape index (κ1) is 17.5. The molecule has 1 aliphatic heterocycles. The summed E-state index contributed by atoms with van der Waals surface area (Å²) in [5, 5.41) is 7.99. The topological polar surface area (TPSA) is 81.1 Å². The van der Waals surface area contributed by atoms with Crippen molar-refractivity contribution >= 4 is 27.3 Å². The minimum absolute atomic E-state index is 0.0540. The summed E-state index contributed by atoms with van der Waals surface area (Å²) in [5.74, 6) is 0.572. The summed E-state index contributed by atoms with van der Waals surface area (Å²) in [4.78, 5) is 12.4. The number of aromatic nitrogens is 2. The lowest BCUT2D eigenvalue weighted by molar-refractivity contribution is 0.0945.